The van der Waals surface area contributed by atoms with Gasteiger partial charge in [-0.25, -0.2) is 8.78 Å². The summed E-state index contributed by atoms with van der Waals surface area (Å²) >= 11 is 0. The zero-order valence-electron chi connectivity index (χ0n) is 6.30. The molecule has 3 heteroatoms. The number of rotatable bonds is 2. The lowest BCUT2D eigenvalue weighted by atomic mass is 10.1. The molecule has 1 aromatic rings. The van der Waals surface area contributed by atoms with Crippen LogP contribution in [-0.2, 0) is 6.42 Å². The van der Waals surface area contributed by atoms with Gasteiger partial charge in [0.2, 0.25) is 0 Å². The van der Waals surface area contributed by atoms with Gasteiger partial charge in [0.25, 0.3) is 0 Å². The number of nitriles is 1. The van der Waals surface area contributed by atoms with Crippen molar-refractivity contribution < 1.29 is 8.78 Å². The van der Waals surface area contributed by atoms with Crippen LogP contribution in [0.15, 0.2) is 24.3 Å². The number of hydrogen-bond acceptors (Lipinski definition) is 1. The molecule has 1 atom stereocenters. The van der Waals surface area contributed by atoms with Gasteiger partial charge in [0.15, 0.2) is 6.17 Å². The van der Waals surface area contributed by atoms with Crippen molar-refractivity contribution in [2.75, 3.05) is 0 Å². The van der Waals surface area contributed by atoms with Crippen LogP contribution in [0.4, 0.5) is 8.78 Å². The van der Waals surface area contributed by atoms with E-state index >= 15 is 0 Å². The molecule has 12 heavy (non-hydrogen) atoms. The zero-order valence-corrected chi connectivity index (χ0v) is 6.30. The molecule has 0 bridgehead atoms. The van der Waals surface area contributed by atoms with Crippen molar-refractivity contribution in [3.05, 3.63) is 35.6 Å². The van der Waals surface area contributed by atoms with Gasteiger partial charge in [-0.05, 0) is 11.6 Å². The van der Waals surface area contributed by atoms with Crippen molar-refractivity contribution in [3.63, 3.8) is 0 Å². The molecule has 0 aliphatic carbocycles. The summed E-state index contributed by atoms with van der Waals surface area (Å²) < 4.78 is 25.3. The van der Waals surface area contributed by atoms with Crippen LogP contribution in [0.2, 0.25) is 0 Å². The number of alkyl halides is 1. The van der Waals surface area contributed by atoms with Crippen LogP contribution in [0.1, 0.15) is 5.56 Å². The van der Waals surface area contributed by atoms with Crippen molar-refractivity contribution in [2.45, 2.75) is 12.6 Å². The first-order chi connectivity index (χ1) is 5.74. The first-order valence-electron chi connectivity index (χ1n) is 3.51. The molecule has 0 aromatic heterocycles. The number of benzene rings is 1. The van der Waals surface area contributed by atoms with Gasteiger partial charge in [-0.2, -0.15) is 5.26 Å². The van der Waals surface area contributed by atoms with Gasteiger partial charge in [0, 0.05) is 6.42 Å². The van der Waals surface area contributed by atoms with Crippen LogP contribution in [0, 0.1) is 17.1 Å². The van der Waals surface area contributed by atoms with E-state index in [2.05, 4.69) is 0 Å². The van der Waals surface area contributed by atoms with Gasteiger partial charge < -0.3 is 0 Å². The van der Waals surface area contributed by atoms with E-state index in [1.54, 1.807) is 6.07 Å². The fourth-order valence-electron chi connectivity index (χ4n) is 0.903. The molecule has 0 spiro atoms. The van der Waals surface area contributed by atoms with Crippen LogP contribution in [-0.4, -0.2) is 6.17 Å². The predicted octanol–water partition coefficient (Wildman–Crippen LogP) is 2.23. The highest BCUT2D eigenvalue weighted by atomic mass is 19.1. The molecule has 0 fully saturated rings. The minimum atomic E-state index is -1.62. The van der Waals surface area contributed by atoms with Crippen LogP contribution in [0.25, 0.3) is 0 Å². The molecule has 1 unspecified atom stereocenters. The Labute approximate surface area is 69.2 Å². The Hall–Kier alpha value is -1.43. The Balaban J connectivity index is 2.77. The monoisotopic (exact) mass is 167 g/mol. The highest BCUT2D eigenvalue weighted by Crippen LogP contribution is 2.09. The number of nitrogens with zero attached hydrogens (tertiary/aromatic N) is 1. The molecule has 0 aliphatic rings. The molecule has 1 rings (SSSR count). The summed E-state index contributed by atoms with van der Waals surface area (Å²) in [6, 6.07) is 7.27. The summed E-state index contributed by atoms with van der Waals surface area (Å²) in [6.45, 7) is 0. The molecule has 0 heterocycles. The molecule has 0 aliphatic heterocycles. The first kappa shape index (κ1) is 8.66. The van der Waals surface area contributed by atoms with Crippen LogP contribution < -0.4 is 0 Å². The molecular formula is C9H7F2N. The molecule has 1 aromatic carbocycles. The minimum absolute atomic E-state index is 0.177. The second-order valence-corrected chi connectivity index (χ2v) is 2.39. The lowest BCUT2D eigenvalue weighted by molar-refractivity contribution is 0.402. The summed E-state index contributed by atoms with van der Waals surface area (Å²) in [7, 11) is 0. The third-order valence-corrected chi connectivity index (χ3v) is 1.50. The highest BCUT2D eigenvalue weighted by Gasteiger charge is 2.08. The van der Waals surface area contributed by atoms with E-state index in [0.29, 0.717) is 0 Å². The highest BCUT2D eigenvalue weighted by molar-refractivity contribution is 5.19. The van der Waals surface area contributed by atoms with Crippen molar-refractivity contribution in [2.24, 2.45) is 0 Å². The second kappa shape index (κ2) is 3.82. The van der Waals surface area contributed by atoms with E-state index in [1.807, 2.05) is 0 Å². The normalized spacial score (nSPS) is 12.1. The Bertz CT molecular complexity index is 304. The molecule has 0 radical (unpaired) electrons. The van der Waals surface area contributed by atoms with Gasteiger partial charge in [0.1, 0.15) is 11.9 Å². The fraction of sp³-hybridized carbons (Fsp3) is 0.222. The lowest BCUT2D eigenvalue weighted by Gasteiger charge is -2.00. The average molecular weight is 167 g/mol. The molecule has 0 saturated carbocycles. The molecule has 0 amide bonds. The maximum atomic E-state index is 12.8. The lowest BCUT2D eigenvalue weighted by Crippen LogP contribution is -2.02. The predicted molar refractivity (Wildman–Crippen MR) is 40.6 cm³/mol. The summed E-state index contributed by atoms with van der Waals surface area (Å²) in [5.74, 6) is -0.463. The van der Waals surface area contributed by atoms with Gasteiger partial charge in [-0.15, -0.1) is 0 Å². The van der Waals surface area contributed by atoms with E-state index in [0.717, 1.165) is 0 Å². The largest absolute Gasteiger partial charge is 0.231 e. The van der Waals surface area contributed by atoms with Crippen molar-refractivity contribution >= 4 is 0 Å². The Kier molecular flexibility index (Phi) is 2.76. The third-order valence-electron chi connectivity index (χ3n) is 1.50. The van der Waals surface area contributed by atoms with Crippen LogP contribution in [0.5, 0.6) is 0 Å². The van der Waals surface area contributed by atoms with Crippen molar-refractivity contribution in [1.29, 1.82) is 5.26 Å². The second-order valence-electron chi connectivity index (χ2n) is 2.39. The summed E-state index contributed by atoms with van der Waals surface area (Å²) in [5.41, 5.74) is 0.242. The Morgan fingerprint density at radius 3 is 2.67 bits per heavy atom. The summed E-state index contributed by atoms with van der Waals surface area (Å²) in [6.07, 6.45) is -1.80. The molecule has 0 saturated heterocycles. The smallest absolute Gasteiger partial charge is 0.190 e. The van der Waals surface area contributed by atoms with Crippen LogP contribution in [0.3, 0.4) is 0 Å². The van der Waals surface area contributed by atoms with E-state index in [-0.39, 0.29) is 12.0 Å². The third kappa shape index (κ3) is 2.03. The number of hydrogen-bond donors (Lipinski definition) is 0. The summed E-state index contributed by atoms with van der Waals surface area (Å²) in [5, 5.41) is 8.14. The average Bonchev–Trinajstić information content (AvgIpc) is 2.09. The Morgan fingerprint density at radius 2 is 2.08 bits per heavy atom. The molecule has 0 N–H and O–H groups in total. The maximum absolute atomic E-state index is 12.8. The molecular weight excluding hydrogens is 160 g/mol. The first-order valence-corrected chi connectivity index (χ1v) is 3.51. The van der Waals surface area contributed by atoms with E-state index < -0.39 is 12.0 Å². The SMILES string of the molecule is N#CC(F)Cc1ccccc1F. The Morgan fingerprint density at radius 1 is 1.42 bits per heavy atom. The van der Waals surface area contributed by atoms with E-state index in [4.69, 9.17) is 5.26 Å². The molecule has 1 nitrogen and oxygen atoms in total. The zero-order chi connectivity index (χ0) is 8.97. The van der Waals surface area contributed by atoms with Crippen molar-refractivity contribution in [3.8, 4) is 6.07 Å². The van der Waals surface area contributed by atoms with Crippen molar-refractivity contribution in [1.82, 2.24) is 0 Å². The quantitative estimate of drug-likeness (QED) is 0.662. The van der Waals surface area contributed by atoms with Gasteiger partial charge in [0.05, 0.1) is 0 Å². The van der Waals surface area contributed by atoms with Gasteiger partial charge >= 0.3 is 0 Å². The maximum Gasteiger partial charge on any atom is 0.190 e. The standard InChI is InChI=1S/C9H7F2N/c10-8(6-12)5-7-3-1-2-4-9(7)11/h1-4,8H,5H2. The fourth-order valence-corrected chi connectivity index (χ4v) is 0.903. The van der Waals surface area contributed by atoms with E-state index in [1.165, 1.54) is 24.3 Å². The van der Waals surface area contributed by atoms with Crippen LogP contribution >= 0.6 is 0 Å². The number of halogens is 2. The van der Waals surface area contributed by atoms with E-state index in [9.17, 15) is 8.78 Å². The molecule has 62 valence electrons. The minimum Gasteiger partial charge on any atom is -0.231 e. The van der Waals surface area contributed by atoms with Gasteiger partial charge in [-0.3, -0.25) is 0 Å². The topological polar surface area (TPSA) is 23.8 Å². The van der Waals surface area contributed by atoms with Gasteiger partial charge in [-0.1, -0.05) is 18.2 Å². The summed E-state index contributed by atoms with van der Waals surface area (Å²) in [4.78, 5) is 0.